The summed E-state index contributed by atoms with van der Waals surface area (Å²) in [6, 6.07) is 18.6. The number of hydrogen-bond acceptors (Lipinski definition) is 0. The van der Waals surface area contributed by atoms with Gasteiger partial charge in [-0.3, -0.25) is 0 Å². The third-order valence-electron chi connectivity index (χ3n) is 9.15. The third kappa shape index (κ3) is 3.16. The molecular formula is C30H39HfSi. The van der Waals surface area contributed by atoms with Crippen molar-refractivity contribution in [2.45, 2.75) is 57.5 Å². The fourth-order valence-electron chi connectivity index (χ4n) is 7.15. The van der Waals surface area contributed by atoms with Gasteiger partial charge in [0.1, 0.15) is 0 Å². The Bertz CT molecular complexity index is 1100. The Morgan fingerprint density at radius 1 is 0.688 bits per heavy atom. The predicted octanol–water partition coefficient (Wildman–Crippen LogP) is 8.96. The van der Waals surface area contributed by atoms with E-state index >= 15 is 0 Å². The summed E-state index contributed by atoms with van der Waals surface area (Å²) in [5.41, 5.74) is 12.4. The molecule has 0 saturated carbocycles. The Morgan fingerprint density at radius 2 is 1.06 bits per heavy atom. The van der Waals surface area contributed by atoms with Crippen LogP contribution in [0, 0.1) is 0 Å². The maximum atomic E-state index is 2.85. The van der Waals surface area contributed by atoms with E-state index in [0.29, 0.717) is 7.35 Å². The van der Waals surface area contributed by atoms with Crippen LogP contribution in [-0.2, 0) is 17.7 Å². The van der Waals surface area contributed by atoms with Gasteiger partial charge in [0.25, 0.3) is 0 Å². The molecule has 2 aromatic rings. The van der Waals surface area contributed by atoms with Crippen LogP contribution in [0.25, 0.3) is 11.1 Å². The van der Waals surface area contributed by atoms with Crippen molar-refractivity contribution in [3.05, 3.63) is 106 Å². The fourth-order valence-corrected chi connectivity index (χ4v) is 50.9. The van der Waals surface area contributed by atoms with Crippen LogP contribution in [0.2, 0.25) is 22.5 Å². The van der Waals surface area contributed by atoms with Gasteiger partial charge in [0.15, 0.2) is 0 Å². The second-order valence-electron chi connectivity index (χ2n) is 11.1. The molecule has 2 aromatic carbocycles. The molecule has 2 heteroatoms. The molecule has 0 nitrogen and oxygen atoms in total. The van der Waals surface area contributed by atoms with Gasteiger partial charge in [-0.1, -0.05) is 0 Å². The first-order valence-electron chi connectivity index (χ1n) is 12.2. The van der Waals surface area contributed by atoms with Crippen LogP contribution in [0.15, 0.2) is 84.0 Å². The molecular weight excluding hydrogens is 567 g/mol. The Morgan fingerprint density at radius 3 is 1.41 bits per heavy atom. The predicted molar refractivity (Wildman–Crippen MR) is 144 cm³/mol. The molecule has 2 aliphatic carbocycles. The summed E-state index contributed by atoms with van der Waals surface area (Å²) in [6.45, 7) is 14.5. The summed E-state index contributed by atoms with van der Waals surface area (Å²) in [4.78, 5) is 0. The van der Waals surface area contributed by atoms with Crippen molar-refractivity contribution >= 4 is 17.1 Å². The number of rotatable bonds is 5. The van der Waals surface area contributed by atoms with Crippen molar-refractivity contribution in [1.29, 1.82) is 0 Å². The Labute approximate surface area is 197 Å². The van der Waals surface area contributed by atoms with Crippen molar-refractivity contribution in [2.24, 2.45) is 0 Å². The second-order valence-corrected chi connectivity index (χ2v) is 64.6. The molecule has 0 heterocycles. The normalized spacial score (nSPS) is 22.2. The van der Waals surface area contributed by atoms with Crippen molar-refractivity contribution in [3.8, 4) is 0 Å². The van der Waals surface area contributed by atoms with Crippen LogP contribution in [0.1, 0.15) is 57.3 Å². The van der Waals surface area contributed by atoms with Gasteiger partial charge in [0.2, 0.25) is 0 Å². The zero-order valence-corrected chi connectivity index (χ0v) is 25.9. The monoisotopic (exact) mass is 607 g/mol. The molecule has 0 spiro atoms. The van der Waals surface area contributed by atoms with E-state index < -0.39 is 23.7 Å². The average molecular weight is 606 g/mol. The fraction of sp³-hybridized carbons (Fsp3) is 0.333. The van der Waals surface area contributed by atoms with E-state index in [1.807, 2.05) is 0 Å². The molecule has 2 aliphatic rings. The van der Waals surface area contributed by atoms with Crippen LogP contribution in [0.5, 0.6) is 0 Å². The molecule has 0 aliphatic heterocycles. The summed E-state index contributed by atoms with van der Waals surface area (Å²) in [5.74, 6) is -1.01. The van der Waals surface area contributed by atoms with Crippen LogP contribution in [0.3, 0.4) is 0 Å². The van der Waals surface area contributed by atoms with Crippen LogP contribution in [-0.4, -0.2) is 5.98 Å². The van der Waals surface area contributed by atoms with E-state index in [1.54, 1.807) is 22.3 Å². The second kappa shape index (κ2) is 8.36. The Balaban J connectivity index is 2.07. The maximum absolute atomic E-state index is 3.65. The number of benzene rings is 2. The van der Waals surface area contributed by atoms with Crippen molar-refractivity contribution < 1.29 is 17.7 Å². The summed E-state index contributed by atoms with van der Waals surface area (Å²) >= 11 is -3.65. The first-order chi connectivity index (χ1) is 15.2. The topological polar surface area (TPSA) is 0 Å². The van der Waals surface area contributed by atoms with Gasteiger partial charge in [-0.05, 0) is 0 Å². The van der Waals surface area contributed by atoms with Gasteiger partial charge in [0, 0.05) is 0 Å². The van der Waals surface area contributed by atoms with Crippen molar-refractivity contribution in [3.63, 3.8) is 0 Å². The molecule has 4 rings (SSSR count). The number of allylic oxidation sites excluding steroid dienone is 8. The molecule has 167 valence electrons. The molecule has 0 fully saturated rings. The van der Waals surface area contributed by atoms with Gasteiger partial charge in [-0.2, -0.15) is 0 Å². The van der Waals surface area contributed by atoms with E-state index in [-0.39, 0.29) is 0 Å². The van der Waals surface area contributed by atoms with Crippen LogP contribution in [0.4, 0.5) is 0 Å². The van der Waals surface area contributed by atoms with Crippen molar-refractivity contribution in [2.75, 3.05) is 0 Å². The SMILES string of the molecule is CC=CC1=C(C)[CH]([Hf]([CH3])([CH3])([CH]2C(C)=C(C=CC)c3ccccc32)[SiH](C)C)c2ccccc21. The Kier molecular flexibility index (Phi) is 6.18. The molecule has 0 amide bonds. The number of hydrogen-bond donors (Lipinski definition) is 0. The van der Waals surface area contributed by atoms with Crippen LogP contribution < -0.4 is 0 Å². The molecule has 0 radical (unpaired) electrons. The van der Waals surface area contributed by atoms with Gasteiger partial charge < -0.3 is 0 Å². The van der Waals surface area contributed by atoms with Crippen LogP contribution >= 0.6 is 0 Å². The van der Waals surface area contributed by atoms with Gasteiger partial charge >= 0.3 is 199 Å². The minimum absolute atomic E-state index is 0.624. The van der Waals surface area contributed by atoms with Gasteiger partial charge in [0.05, 0.1) is 0 Å². The summed E-state index contributed by atoms with van der Waals surface area (Å²) in [6.07, 6.45) is 9.18. The molecule has 0 saturated heterocycles. The van der Waals surface area contributed by atoms with E-state index in [9.17, 15) is 0 Å². The molecule has 2 unspecified atom stereocenters. The van der Waals surface area contributed by atoms with Gasteiger partial charge in [-0.15, -0.1) is 0 Å². The molecule has 2 atom stereocenters. The van der Waals surface area contributed by atoms with Crippen molar-refractivity contribution in [1.82, 2.24) is 0 Å². The van der Waals surface area contributed by atoms with E-state index in [4.69, 9.17) is 0 Å². The number of fused-ring (bicyclic) bond motifs is 2. The summed E-state index contributed by atoms with van der Waals surface area (Å²) < 4.78 is 6.94. The minimum atomic E-state index is -3.65. The summed E-state index contributed by atoms with van der Waals surface area (Å²) in [5, 5.41) is 0. The zero-order valence-electron chi connectivity index (χ0n) is 21.2. The standard InChI is InChI=1S/2C13H13.C2H7Si.2CH3.Hf/c2*1-3-6-12-10(2)9-11-7-4-5-8-13(11)12;1-3-2;;;/h2*3-9H,1-2H3;3H,1-2H3;2*1H3;. The molecule has 0 aromatic heterocycles. The Hall–Kier alpha value is -1.51. The zero-order chi connectivity index (χ0) is 23.3. The average Bonchev–Trinajstić information content (AvgIpc) is 3.21. The first kappa shape index (κ1) is 23.6. The van der Waals surface area contributed by atoms with E-state index in [1.165, 1.54) is 22.3 Å². The first-order valence-corrected chi connectivity index (χ1v) is 32.7. The third-order valence-corrected chi connectivity index (χ3v) is 75.9. The summed E-state index contributed by atoms with van der Waals surface area (Å²) in [7, 11) is 0. The molecule has 0 bridgehead atoms. The van der Waals surface area contributed by atoms with E-state index in [2.05, 4.69) is 123 Å². The molecule has 0 N–H and O–H groups in total. The van der Waals surface area contributed by atoms with Gasteiger partial charge in [-0.25, -0.2) is 0 Å². The van der Waals surface area contributed by atoms with E-state index in [0.717, 1.165) is 0 Å². The molecule has 32 heavy (non-hydrogen) atoms. The quantitative estimate of drug-likeness (QED) is 0.298.